The van der Waals surface area contributed by atoms with E-state index < -0.39 is 0 Å². The van der Waals surface area contributed by atoms with Gasteiger partial charge in [0.1, 0.15) is 0 Å². The Hall–Kier alpha value is -2.32. The molecular weight excluding hydrogens is 438 g/mol. The number of fused-ring (bicyclic) bond motifs is 1. The first-order valence-corrected chi connectivity index (χ1v) is 10.7. The van der Waals surface area contributed by atoms with Crippen LogP contribution in [0.3, 0.4) is 0 Å². The maximum Gasteiger partial charge on any atom is 0.276 e. The zero-order valence-corrected chi connectivity index (χ0v) is 18.6. The second kappa shape index (κ2) is 7.25. The minimum atomic E-state index is -0.0702. The Kier molecular flexibility index (Phi) is 4.93. The average molecular weight is 458 g/mol. The highest BCUT2D eigenvalue weighted by atomic mass is 79.9. The Morgan fingerprint density at radius 2 is 2.00 bits per heavy atom. The van der Waals surface area contributed by atoms with Crippen LogP contribution in [-0.2, 0) is 19.9 Å². The van der Waals surface area contributed by atoms with Gasteiger partial charge in [0.25, 0.3) is 5.56 Å². The van der Waals surface area contributed by atoms with E-state index in [0.29, 0.717) is 6.42 Å². The molecule has 4 aromatic rings. The molecule has 0 aliphatic rings. The van der Waals surface area contributed by atoms with Crippen LogP contribution in [0.1, 0.15) is 34.4 Å². The largest absolute Gasteiger partial charge is 0.276 e. The van der Waals surface area contributed by atoms with E-state index in [0.717, 1.165) is 54.3 Å². The van der Waals surface area contributed by atoms with Crippen LogP contribution in [0.15, 0.2) is 33.7 Å². The molecule has 0 spiro atoms. The third-order valence-electron chi connectivity index (χ3n) is 4.94. The summed E-state index contributed by atoms with van der Waals surface area (Å²) in [6, 6.07) is 5.79. The Labute approximate surface area is 175 Å². The predicted octanol–water partition coefficient (Wildman–Crippen LogP) is 4.11. The van der Waals surface area contributed by atoms with Crippen molar-refractivity contribution in [2.45, 2.75) is 33.6 Å². The Balaban J connectivity index is 1.84. The molecule has 4 aromatic heterocycles. The third-order valence-corrected chi connectivity index (χ3v) is 7.31. The van der Waals surface area contributed by atoms with Crippen LogP contribution in [-0.4, -0.2) is 24.5 Å². The van der Waals surface area contributed by atoms with Crippen molar-refractivity contribution in [3.05, 3.63) is 66.7 Å². The summed E-state index contributed by atoms with van der Waals surface area (Å²) in [6.45, 7) is 6.13. The first kappa shape index (κ1) is 19.0. The SMILES string of the molecule is CCc1nn(C)c(=O)c2c(Br)c(Cc3c(C)nn(-c4ccccn4)c3C)sc12. The third kappa shape index (κ3) is 3.00. The lowest BCUT2D eigenvalue weighted by Crippen LogP contribution is -2.20. The molecular formula is C20H20BrN5OS. The molecule has 0 fully saturated rings. The van der Waals surface area contributed by atoms with Crippen LogP contribution in [0.4, 0.5) is 0 Å². The lowest BCUT2D eigenvalue weighted by Gasteiger charge is -2.04. The van der Waals surface area contributed by atoms with Gasteiger partial charge in [-0.15, -0.1) is 11.3 Å². The van der Waals surface area contributed by atoms with E-state index in [-0.39, 0.29) is 5.56 Å². The fraction of sp³-hybridized carbons (Fsp3) is 0.300. The Morgan fingerprint density at radius 1 is 1.21 bits per heavy atom. The van der Waals surface area contributed by atoms with Gasteiger partial charge in [-0.3, -0.25) is 4.79 Å². The lowest BCUT2D eigenvalue weighted by molar-refractivity contribution is 0.694. The molecule has 4 heterocycles. The molecule has 0 bridgehead atoms. The number of aromatic nitrogens is 5. The molecule has 0 atom stereocenters. The van der Waals surface area contributed by atoms with Crippen molar-refractivity contribution in [1.29, 1.82) is 0 Å². The highest BCUT2D eigenvalue weighted by Gasteiger charge is 2.21. The van der Waals surface area contributed by atoms with E-state index >= 15 is 0 Å². The van der Waals surface area contributed by atoms with Gasteiger partial charge in [0.15, 0.2) is 5.82 Å². The summed E-state index contributed by atoms with van der Waals surface area (Å²) in [5.41, 5.74) is 4.06. The number of pyridine rings is 1. The van der Waals surface area contributed by atoms with Gasteiger partial charge in [-0.05, 0) is 48.3 Å². The number of nitrogens with zero attached hydrogens (tertiary/aromatic N) is 5. The molecule has 0 aliphatic heterocycles. The summed E-state index contributed by atoms with van der Waals surface area (Å²) in [5, 5.41) is 9.84. The van der Waals surface area contributed by atoms with Crippen LogP contribution in [0.25, 0.3) is 15.9 Å². The van der Waals surface area contributed by atoms with Gasteiger partial charge in [0, 0.05) is 40.3 Å². The molecule has 0 saturated heterocycles. The first-order valence-electron chi connectivity index (χ1n) is 9.05. The number of aryl methyl sites for hydroxylation is 3. The standard InChI is InChI=1S/C20H20BrN5OS/c1-5-14-19-17(20(27)25(4)24-14)18(21)15(28-19)10-13-11(2)23-26(12(13)3)16-8-6-7-9-22-16/h6-9H,5,10H2,1-4H3. The molecule has 0 unspecified atom stereocenters. The van der Waals surface area contributed by atoms with Crippen molar-refractivity contribution >= 4 is 37.4 Å². The highest BCUT2D eigenvalue weighted by molar-refractivity contribution is 9.10. The zero-order chi connectivity index (χ0) is 20.0. The first-order chi connectivity index (χ1) is 13.4. The molecule has 144 valence electrons. The van der Waals surface area contributed by atoms with E-state index in [1.165, 1.54) is 4.68 Å². The van der Waals surface area contributed by atoms with Crippen LogP contribution >= 0.6 is 27.3 Å². The molecule has 0 saturated carbocycles. The molecule has 6 nitrogen and oxygen atoms in total. The molecule has 0 aliphatic carbocycles. The van der Waals surface area contributed by atoms with Gasteiger partial charge in [-0.25, -0.2) is 14.3 Å². The van der Waals surface area contributed by atoms with Crippen molar-refractivity contribution in [2.24, 2.45) is 7.05 Å². The summed E-state index contributed by atoms with van der Waals surface area (Å²) >= 11 is 5.33. The summed E-state index contributed by atoms with van der Waals surface area (Å²) in [6.07, 6.45) is 3.26. The number of rotatable bonds is 4. The fourth-order valence-electron chi connectivity index (χ4n) is 3.42. The second-order valence-electron chi connectivity index (χ2n) is 6.70. The normalized spacial score (nSPS) is 11.5. The van der Waals surface area contributed by atoms with Crippen LogP contribution in [0, 0.1) is 13.8 Å². The van der Waals surface area contributed by atoms with Crippen molar-refractivity contribution < 1.29 is 0 Å². The smallest absolute Gasteiger partial charge is 0.267 e. The van der Waals surface area contributed by atoms with Gasteiger partial charge < -0.3 is 0 Å². The van der Waals surface area contributed by atoms with E-state index in [1.807, 2.05) is 29.8 Å². The monoisotopic (exact) mass is 457 g/mol. The Morgan fingerprint density at radius 3 is 2.68 bits per heavy atom. The van der Waals surface area contributed by atoms with E-state index in [9.17, 15) is 4.79 Å². The maximum atomic E-state index is 12.7. The van der Waals surface area contributed by atoms with Gasteiger partial charge in [0.2, 0.25) is 0 Å². The summed E-state index contributed by atoms with van der Waals surface area (Å²) < 4.78 is 5.15. The number of hydrogen-bond donors (Lipinski definition) is 0. The van der Waals surface area contributed by atoms with Crippen molar-refractivity contribution in [2.75, 3.05) is 0 Å². The molecule has 4 rings (SSSR count). The van der Waals surface area contributed by atoms with Crippen LogP contribution in [0.5, 0.6) is 0 Å². The number of halogens is 1. The number of thiophene rings is 1. The zero-order valence-electron chi connectivity index (χ0n) is 16.2. The highest BCUT2D eigenvalue weighted by Crippen LogP contribution is 2.37. The maximum absolute atomic E-state index is 12.7. The topological polar surface area (TPSA) is 65.6 Å². The molecule has 0 radical (unpaired) electrons. The van der Waals surface area contributed by atoms with Gasteiger partial charge in [0.05, 0.1) is 21.5 Å². The van der Waals surface area contributed by atoms with E-state index in [1.54, 1.807) is 24.6 Å². The van der Waals surface area contributed by atoms with E-state index in [4.69, 9.17) is 5.10 Å². The minimum absolute atomic E-state index is 0.0702. The second-order valence-corrected chi connectivity index (χ2v) is 8.60. The summed E-state index contributed by atoms with van der Waals surface area (Å²) in [5.74, 6) is 0.802. The van der Waals surface area contributed by atoms with Gasteiger partial charge in [-0.1, -0.05) is 13.0 Å². The average Bonchev–Trinajstić information content (AvgIpc) is 3.17. The Bertz CT molecular complexity index is 1240. The van der Waals surface area contributed by atoms with Gasteiger partial charge in [-0.2, -0.15) is 10.2 Å². The van der Waals surface area contributed by atoms with Crippen LogP contribution in [0.2, 0.25) is 0 Å². The molecule has 0 N–H and O–H groups in total. The summed E-state index contributed by atoms with van der Waals surface area (Å²) in [7, 11) is 1.70. The number of hydrogen-bond acceptors (Lipinski definition) is 5. The van der Waals surface area contributed by atoms with Crippen molar-refractivity contribution in [3.63, 3.8) is 0 Å². The molecule has 0 aromatic carbocycles. The van der Waals surface area contributed by atoms with Crippen LogP contribution < -0.4 is 5.56 Å². The molecule has 28 heavy (non-hydrogen) atoms. The van der Waals surface area contributed by atoms with Crippen molar-refractivity contribution in [3.8, 4) is 5.82 Å². The predicted molar refractivity (Wildman–Crippen MR) is 116 cm³/mol. The molecule has 0 amide bonds. The van der Waals surface area contributed by atoms with Crippen molar-refractivity contribution in [1.82, 2.24) is 24.5 Å². The summed E-state index contributed by atoms with van der Waals surface area (Å²) in [4.78, 5) is 18.2. The lowest BCUT2D eigenvalue weighted by atomic mass is 10.1. The minimum Gasteiger partial charge on any atom is -0.267 e. The molecule has 8 heteroatoms. The van der Waals surface area contributed by atoms with E-state index in [2.05, 4.69) is 39.9 Å². The quantitative estimate of drug-likeness (QED) is 0.462. The fourth-order valence-corrected chi connectivity index (χ4v) is 5.56. The van der Waals surface area contributed by atoms with Gasteiger partial charge >= 0.3 is 0 Å².